The van der Waals surface area contributed by atoms with Crippen LogP contribution in [0.2, 0.25) is 0 Å². The van der Waals surface area contributed by atoms with Crippen molar-refractivity contribution in [2.75, 3.05) is 25.6 Å². The lowest BCUT2D eigenvalue weighted by molar-refractivity contribution is 0.202. The fourth-order valence-corrected chi connectivity index (χ4v) is 2.52. The molecule has 0 saturated carbocycles. The zero-order valence-corrected chi connectivity index (χ0v) is 13.6. The molecule has 0 atom stereocenters. The van der Waals surface area contributed by atoms with Crippen molar-refractivity contribution >= 4 is 16.7 Å². The van der Waals surface area contributed by atoms with Gasteiger partial charge in [-0.25, -0.2) is 4.98 Å². The molecule has 0 aliphatic carbocycles. The zero-order chi connectivity index (χ0) is 15.2. The van der Waals surface area contributed by atoms with E-state index in [2.05, 4.69) is 50.4 Å². The maximum absolute atomic E-state index is 5.21. The number of hydrogen-bond acceptors (Lipinski definition) is 3. The van der Waals surface area contributed by atoms with E-state index in [0.29, 0.717) is 5.92 Å². The van der Waals surface area contributed by atoms with Gasteiger partial charge in [0.2, 0.25) is 0 Å². The van der Waals surface area contributed by atoms with E-state index in [4.69, 9.17) is 9.72 Å². The summed E-state index contributed by atoms with van der Waals surface area (Å²) in [5, 5.41) is 4.69. The van der Waals surface area contributed by atoms with Crippen molar-refractivity contribution in [2.24, 2.45) is 0 Å². The van der Waals surface area contributed by atoms with E-state index < -0.39 is 0 Å². The average Bonchev–Trinajstić information content (AvgIpc) is 2.49. The molecule has 0 fully saturated rings. The van der Waals surface area contributed by atoms with Crippen LogP contribution in [0.3, 0.4) is 0 Å². The summed E-state index contributed by atoms with van der Waals surface area (Å²) >= 11 is 0. The van der Waals surface area contributed by atoms with Gasteiger partial charge in [0.25, 0.3) is 0 Å². The Bertz CT molecular complexity index is 593. The lowest BCUT2D eigenvalue weighted by atomic mass is 9.99. The largest absolute Gasteiger partial charge is 0.384 e. The first-order valence-electron chi connectivity index (χ1n) is 7.82. The molecular weight excluding hydrogens is 260 g/mol. The first-order chi connectivity index (χ1) is 10.2. The second kappa shape index (κ2) is 7.41. The number of fused-ring (bicyclic) bond motifs is 1. The highest BCUT2D eigenvalue weighted by Gasteiger charge is 2.12. The number of pyridine rings is 1. The SMILES string of the molecule is CCCNc1nc2c(CCOC)cccc2cc1C(C)C. The van der Waals surface area contributed by atoms with Gasteiger partial charge in [0.15, 0.2) is 0 Å². The second-order valence-corrected chi connectivity index (χ2v) is 5.74. The minimum Gasteiger partial charge on any atom is -0.384 e. The van der Waals surface area contributed by atoms with Gasteiger partial charge in [-0.2, -0.15) is 0 Å². The molecule has 3 heteroatoms. The lowest BCUT2D eigenvalue weighted by Gasteiger charge is -2.16. The highest BCUT2D eigenvalue weighted by atomic mass is 16.5. The van der Waals surface area contributed by atoms with Crippen molar-refractivity contribution in [1.29, 1.82) is 0 Å². The number of para-hydroxylation sites is 1. The third-order valence-electron chi connectivity index (χ3n) is 3.70. The van der Waals surface area contributed by atoms with E-state index in [1.807, 2.05) is 0 Å². The van der Waals surface area contributed by atoms with Crippen LogP contribution in [0.5, 0.6) is 0 Å². The molecular formula is C18H26N2O. The molecule has 0 radical (unpaired) electrons. The monoisotopic (exact) mass is 286 g/mol. The summed E-state index contributed by atoms with van der Waals surface area (Å²) in [5.74, 6) is 1.49. The molecule has 0 saturated heterocycles. The Labute approximate surface area is 127 Å². The van der Waals surface area contributed by atoms with Crippen LogP contribution in [0.25, 0.3) is 10.9 Å². The van der Waals surface area contributed by atoms with Crippen molar-refractivity contribution in [2.45, 2.75) is 39.5 Å². The first kappa shape index (κ1) is 15.8. The first-order valence-corrected chi connectivity index (χ1v) is 7.82. The van der Waals surface area contributed by atoms with E-state index in [1.54, 1.807) is 7.11 Å². The van der Waals surface area contributed by atoms with Crippen molar-refractivity contribution in [3.63, 3.8) is 0 Å². The van der Waals surface area contributed by atoms with Gasteiger partial charge >= 0.3 is 0 Å². The highest BCUT2D eigenvalue weighted by molar-refractivity contribution is 5.85. The molecule has 0 aliphatic heterocycles. The Balaban J connectivity index is 2.50. The van der Waals surface area contributed by atoms with Crippen LogP contribution >= 0.6 is 0 Å². The van der Waals surface area contributed by atoms with E-state index >= 15 is 0 Å². The van der Waals surface area contributed by atoms with Crippen LogP contribution in [0.15, 0.2) is 24.3 Å². The van der Waals surface area contributed by atoms with Gasteiger partial charge in [0.05, 0.1) is 12.1 Å². The molecule has 1 heterocycles. The van der Waals surface area contributed by atoms with E-state index in [0.717, 1.165) is 37.3 Å². The Morgan fingerprint density at radius 2 is 2.10 bits per heavy atom. The molecule has 1 aromatic carbocycles. The lowest BCUT2D eigenvalue weighted by Crippen LogP contribution is -2.07. The summed E-state index contributed by atoms with van der Waals surface area (Å²) in [5.41, 5.74) is 3.64. The average molecular weight is 286 g/mol. The van der Waals surface area contributed by atoms with Gasteiger partial charge < -0.3 is 10.1 Å². The maximum Gasteiger partial charge on any atom is 0.130 e. The third-order valence-corrected chi connectivity index (χ3v) is 3.70. The van der Waals surface area contributed by atoms with Gasteiger partial charge in [-0.1, -0.05) is 39.0 Å². The Kier molecular flexibility index (Phi) is 5.57. The fraction of sp³-hybridized carbons (Fsp3) is 0.500. The minimum absolute atomic E-state index is 0.462. The Hall–Kier alpha value is -1.61. The molecule has 1 aromatic heterocycles. The smallest absolute Gasteiger partial charge is 0.130 e. The van der Waals surface area contributed by atoms with E-state index in [1.165, 1.54) is 16.5 Å². The standard InChI is InChI=1S/C18H26N2O/c1-5-10-19-18-16(13(2)3)12-15-8-6-7-14(9-11-21-4)17(15)20-18/h6-8,12-13H,5,9-11H2,1-4H3,(H,19,20). The molecule has 1 N–H and O–H groups in total. The molecule has 0 unspecified atom stereocenters. The fourth-order valence-electron chi connectivity index (χ4n) is 2.52. The zero-order valence-electron chi connectivity index (χ0n) is 13.6. The second-order valence-electron chi connectivity index (χ2n) is 5.74. The quantitative estimate of drug-likeness (QED) is 0.820. The van der Waals surface area contributed by atoms with Crippen LogP contribution in [0.4, 0.5) is 5.82 Å². The van der Waals surface area contributed by atoms with Crippen molar-refractivity contribution in [3.8, 4) is 0 Å². The molecule has 0 spiro atoms. The molecule has 0 bridgehead atoms. The number of nitrogens with zero attached hydrogens (tertiary/aromatic N) is 1. The van der Waals surface area contributed by atoms with Crippen LogP contribution in [0.1, 0.15) is 44.2 Å². The predicted octanol–water partition coefficient (Wildman–Crippen LogP) is 4.37. The van der Waals surface area contributed by atoms with Crippen LogP contribution in [0, 0.1) is 0 Å². The number of ether oxygens (including phenoxy) is 1. The number of nitrogens with one attached hydrogen (secondary N) is 1. The topological polar surface area (TPSA) is 34.2 Å². The van der Waals surface area contributed by atoms with E-state index in [9.17, 15) is 0 Å². The van der Waals surface area contributed by atoms with Gasteiger partial charge in [-0.3, -0.25) is 0 Å². The molecule has 2 aromatic rings. The number of benzene rings is 1. The third kappa shape index (κ3) is 3.73. The maximum atomic E-state index is 5.21. The number of aromatic nitrogens is 1. The highest BCUT2D eigenvalue weighted by Crippen LogP contribution is 2.28. The Morgan fingerprint density at radius 1 is 1.29 bits per heavy atom. The predicted molar refractivity (Wildman–Crippen MR) is 90.2 cm³/mol. The summed E-state index contributed by atoms with van der Waals surface area (Å²) in [7, 11) is 1.74. The number of hydrogen-bond donors (Lipinski definition) is 1. The number of rotatable bonds is 7. The van der Waals surface area contributed by atoms with Crippen molar-refractivity contribution < 1.29 is 4.74 Å². The van der Waals surface area contributed by atoms with Gasteiger partial charge in [-0.05, 0) is 36.0 Å². The minimum atomic E-state index is 0.462. The summed E-state index contributed by atoms with van der Waals surface area (Å²) in [6.07, 6.45) is 2.00. The number of anilines is 1. The summed E-state index contributed by atoms with van der Waals surface area (Å²) < 4.78 is 5.21. The summed E-state index contributed by atoms with van der Waals surface area (Å²) in [4.78, 5) is 4.92. The normalized spacial score (nSPS) is 11.3. The number of methoxy groups -OCH3 is 1. The van der Waals surface area contributed by atoms with E-state index in [-0.39, 0.29) is 0 Å². The molecule has 3 nitrogen and oxygen atoms in total. The molecule has 2 rings (SSSR count). The van der Waals surface area contributed by atoms with Crippen molar-refractivity contribution in [1.82, 2.24) is 4.98 Å². The summed E-state index contributed by atoms with van der Waals surface area (Å²) in [6.45, 7) is 8.29. The molecule has 21 heavy (non-hydrogen) atoms. The van der Waals surface area contributed by atoms with Gasteiger partial charge in [0.1, 0.15) is 5.82 Å². The van der Waals surface area contributed by atoms with Gasteiger partial charge in [0, 0.05) is 19.0 Å². The molecule has 0 amide bonds. The molecule has 0 aliphatic rings. The molecule has 114 valence electrons. The van der Waals surface area contributed by atoms with Gasteiger partial charge in [-0.15, -0.1) is 0 Å². The van der Waals surface area contributed by atoms with Crippen molar-refractivity contribution in [3.05, 3.63) is 35.4 Å². The summed E-state index contributed by atoms with van der Waals surface area (Å²) in [6, 6.07) is 8.68. The Morgan fingerprint density at radius 3 is 2.76 bits per heavy atom. The van der Waals surface area contributed by atoms with Crippen LogP contribution < -0.4 is 5.32 Å². The van der Waals surface area contributed by atoms with Crippen LogP contribution in [-0.4, -0.2) is 25.2 Å². The van der Waals surface area contributed by atoms with Crippen LogP contribution in [-0.2, 0) is 11.2 Å².